The third kappa shape index (κ3) is 2.81. The molecule has 24 heavy (non-hydrogen) atoms. The first-order valence-corrected chi connectivity index (χ1v) is 7.96. The van der Waals surface area contributed by atoms with Crippen LogP contribution in [0.15, 0.2) is 73.3 Å². The lowest BCUT2D eigenvalue weighted by Crippen LogP contribution is -2.49. The molecule has 2 aromatic carbocycles. The zero-order chi connectivity index (χ0) is 17.2. The molecule has 1 fully saturated rings. The van der Waals surface area contributed by atoms with E-state index in [2.05, 4.69) is 6.58 Å². The Bertz CT molecular complexity index is 712. The van der Waals surface area contributed by atoms with Crippen molar-refractivity contribution in [3.05, 3.63) is 84.4 Å². The number of cyclic esters (lactones) is 1. The Morgan fingerprint density at radius 3 is 2.38 bits per heavy atom. The lowest BCUT2D eigenvalue weighted by atomic mass is 9.86. The molecule has 4 nitrogen and oxygen atoms in total. The van der Waals surface area contributed by atoms with Crippen LogP contribution in [0.4, 0.5) is 4.79 Å². The van der Waals surface area contributed by atoms with Gasteiger partial charge in [-0.05, 0) is 18.1 Å². The van der Waals surface area contributed by atoms with Gasteiger partial charge in [0, 0.05) is 0 Å². The van der Waals surface area contributed by atoms with E-state index >= 15 is 0 Å². The molecule has 0 aromatic heterocycles. The maximum absolute atomic E-state index is 12.4. The maximum Gasteiger partial charge on any atom is 0.411 e. The predicted octanol–water partition coefficient (Wildman–Crippen LogP) is 3.64. The fourth-order valence-electron chi connectivity index (χ4n) is 3.23. The van der Waals surface area contributed by atoms with Gasteiger partial charge in [0.05, 0.1) is 12.1 Å². The van der Waals surface area contributed by atoms with E-state index in [4.69, 9.17) is 4.74 Å². The summed E-state index contributed by atoms with van der Waals surface area (Å²) >= 11 is 0. The van der Waals surface area contributed by atoms with Crippen LogP contribution >= 0.6 is 0 Å². The highest BCUT2D eigenvalue weighted by atomic mass is 16.6. The number of benzene rings is 2. The van der Waals surface area contributed by atoms with Crippen LogP contribution in [0.3, 0.4) is 0 Å². The Hall–Kier alpha value is -2.59. The second-order valence-corrected chi connectivity index (χ2v) is 6.10. The molecular formula is C20H21NO3. The van der Waals surface area contributed by atoms with Gasteiger partial charge in [-0.15, -0.1) is 6.58 Å². The molecule has 1 heterocycles. The fourth-order valence-corrected chi connectivity index (χ4v) is 3.23. The largest absolute Gasteiger partial charge is 0.447 e. The first kappa shape index (κ1) is 16.3. The molecule has 3 atom stereocenters. The molecule has 0 radical (unpaired) electrons. The Labute approximate surface area is 142 Å². The van der Waals surface area contributed by atoms with Crippen molar-refractivity contribution in [2.24, 2.45) is 0 Å². The van der Waals surface area contributed by atoms with Crippen molar-refractivity contribution in [2.75, 3.05) is 6.61 Å². The molecule has 0 bridgehead atoms. The summed E-state index contributed by atoms with van der Waals surface area (Å²) in [7, 11) is 0. The number of hydrogen-bond acceptors (Lipinski definition) is 3. The minimum Gasteiger partial charge on any atom is -0.447 e. The average molecular weight is 323 g/mol. The van der Waals surface area contributed by atoms with Crippen LogP contribution in [0.25, 0.3) is 0 Å². The zero-order valence-corrected chi connectivity index (χ0v) is 13.6. The lowest BCUT2D eigenvalue weighted by Gasteiger charge is -2.38. The fraction of sp³-hybridized carbons (Fsp3) is 0.250. The summed E-state index contributed by atoms with van der Waals surface area (Å²) in [5.41, 5.74) is 0.417. The normalized spacial score (nSPS) is 21.0. The Morgan fingerprint density at radius 2 is 1.79 bits per heavy atom. The van der Waals surface area contributed by atoms with E-state index in [0.717, 1.165) is 11.1 Å². The first-order chi connectivity index (χ1) is 11.6. The number of hydrogen-bond donors (Lipinski definition) is 1. The van der Waals surface area contributed by atoms with Crippen molar-refractivity contribution in [3.63, 3.8) is 0 Å². The van der Waals surface area contributed by atoms with E-state index in [1.54, 1.807) is 17.9 Å². The highest BCUT2D eigenvalue weighted by Gasteiger charge is 2.45. The molecule has 1 aliphatic heterocycles. The summed E-state index contributed by atoms with van der Waals surface area (Å²) in [6, 6.07) is 18.1. The molecule has 1 aliphatic rings. The standard InChI is InChI=1S/C20H21NO3/c1-3-18(20(2,23)16-12-8-5-9-13-16)21-17(14-24-19(21)22)15-10-6-4-7-11-15/h3-13,17-18,23H,1,14H2,2H3/t17-,18+,20+/m1/s1. The maximum atomic E-state index is 12.4. The molecule has 3 rings (SSSR count). The number of ether oxygens (including phenoxy) is 1. The van der Waals surface area contributed by atoms with Gasteiger partial charge in [0.15, 0.2) is 0 Å². The van der Waals surface area contributed by atoms with Crippen molar-refractivity contribution in [1.82, 2.24) is 4.90 Å². The van der Waals surface area contributed by atoms with Crippen LogP contribution in [0.5, 0.6) is 0 Å². The second-order valence-electron chi connectivity index (χ2n) is 6.10. The molecule has 4 heteroatoms. The van der Waals surface area contributed by atoms with Gasteiger partial charge in [-0.1, -0.05) is 66.7 Å². The van der Waals surface area contributed by atoms with Crippen LogP contribution in [0.1, 0.15) is 24.1 Å². The van der Waals surface area contributed by atoms with Crippen LogP contribution in [-0.4, -0.2) is 28.7 Å². The van der Waals surface area contributed by atoms with Crippen LogP contribution < -0.4 is 0 Å². The first-order valence-electron chi connectivity index (χ1n) is 7.96. The topological polar surface area (TPSA) is 49.8 Å². The monoisotopic (exact) mass is 323 g/mol. The van der Waals surface area contributed by atoms with E-state index in [0.29, 0.717) is 0 Å². The third-order valence-corrected chi connectivity index (χ3v) is 4.55. The van der Waals surface area contributed by atoms with E-state index < -0.39 is 17.7 Å². The number of rotatable bonds is 5. The van der Waals surface area contributed by atoms with Crippen molar-refractivity contribution in [2.45, 2.75) is 24.6 Å². The summed E-state index contributed by atoms with van der Waals surface area (Å²) in [6.45, 7) is 5.81. The summed E-state index contributed by atoms with van der Waals surface area (Å²) in [5.74, 6) is 0. The quantitative estimate of drug-likeness (QED) is 0.855. The Kier molecular flexibility index (Phi) is 4.40. The van der Waals surface area contributed by atoms with Crippen LogP contribution in [0.2, 0.25) is 0 Å². The molecule has 1 amide bonds. The van der Waals surface area contributed by atoms with Gasteiger partial charge >= 0.3 is 6.09 Å². The van der Waals surface area contributed by atoms with Gasteiger partial charge in [0.1, 0.15) is 12.2 Å². The van der Waals surface area contributed by atoms with Crippen LogP contribution in [0, 0.1) is 0 Å². The van der Waals surface area contributed by atoms with E-state index in [9.17, 15) is 9.90 Å². The van der Waals surface area contributed by atoms with E-state index in [1.807, 2.05) is 60.7 Å². The van der Waals surface area contributed by atoms with Crippen molar-refractivity contribution < 1.29 is 14.6 Å². The summed E-state index contributed by atoms with van der Waals surface area (Å²) in [5, 5.41) is 11.2. The van der Waals surface area contributed by atoms with E-state index in [1.165, 1.54) is 0 Å². The smallest absolute Gasteiger partial charge is 0.411 e. The van der Waals surface area contributed by atoms with Crippen molar-refractivity contribution >= 4 is 6.09 Å². The number of amides is 1. The molecule has 1 saturated heterocycles. The van der Waals surface area contributed by atoms with Gasteiger partial charge in [-0.25, -0.2) is 4.79 Å². The minimum absolute atomic E-state index is 0.253. The summed E-state index contributed by atoms with van der Waals surface area (Å²) in [4.78, 5) is 14.0. The highest BCUT2D eigenvalue weighted by molar-refractivity contribution is 5.71. The number of nitrogens with zero attached hydrogens (tertiary/aromatic N) is 1. The molecular weight excluding hydrogens is 302 g/mol. The van der Waals surface area contributed by atoms with Gasteiger partial charge in [-0.3, -0.25) is 4.90 Å². The van der Waals surface area contributed by atoms with Crippen molar-refractivity contribution in [1.29, 1.82) is 0 Å². The second kappa shape index (κ2) is 6.49. The molecule has 0 spiro atoms. The number of aliphatic hydroxyl groups is 1. The number of carbonyl (C=O) groups is 1. The SMILES string of the molecule is C=C[C@H](N1C(=O)OC[C@@H]1c1ccccc1)[C@@](C)(O)c1ccccc1. The molecule has 2 aromatic rings. The zero-order valence-electron chi connectivity index (χ0n) is 13.6. The molecule has 1 N–H and O–H groups in total. The Morgan fingerprint density at radius 1 is 1.21 bits per heavy atom. The lowest BCUT2D eigenvalue weighted by molar-refractivity contribution is -0.0107. The predicted molar refractivity (Wildman–Crippen MR) is 92.4 cm³/mol. The molecule has 0 saturated carbocycles. The molecule has 0 aliphatic carbocycles. The number of carbonyl (C=O) groups excluding carboxylic acids is 1. The summed E-state index contributed by atoms with van der Waals surface area (Å²) < 4.78 is 5.27. The average Bonchev–Trinajstić information content (AvgIpc) is 2.98. The van der Waals surface area contributed by atoms with Gasteiger partial charge in [0.25, 0.3) is 0 Å². The van der Waals surface area contributed by atoms with E-state index in [-0.39, 0.29) is 12.6 Å². The van der Waals surface area contributed by atoms with Crippen molar-refractivity contribution in [3.8, 4) is 0 Å². The minimum atomic E-state index is -1.28. The van der Waals surface area contributed by atoms with Gasteiger partial charge in [-0.2, -0.15) is 0 Å². The Balaban J connectivity index is 1.99. The molecule has 0 unspecified atom stereocenters. The van der Waals surface area contributed by atoms with Gasteiger partial charge < -0.3 is 9.84 Å². The third-order valence-electron chi connectivity index (χ3n) is 4.55. The molecule has 124 valence electrons. The highest BCUT2D eigenvalue weighted by Crippen LogP contribution is 2.37. The summed E-state index contributed by atoms with van der Waals surface area (Å²) in [6.07, 6.45) is 1.17. The van der Waals surface area contributed by atoms with Crippen LogP contribution in [-0.2, 0) is 10.3 Å². The van der Waals surface area contributed by atoms with Gasteiger partial charge in [0.2, 0.25) is 0 Å².